The van der Waals surface area contributed by atoms with Crippen molar-refractivity contribution in [1.29, 1.82) is 0 Å². The molecule has 6 nitrogen and oxygen atoms in total. The average Bonchev–Trinajstić information content (AvgIpc) is 3.38. The molecule has 0 radical (unpaired) electrons. The zero-order valence-electron chi connectivity index (χ0n) is 17.0. The first-order chi connectivity index (χ1) is 14.6. The third-order valence-corrected chi connectivity index (χ3v) is 6.43. The minimum atomic E-state index is -0.0734. The van der Waals surface area contributed by atoms with Crippen LogP contribution in [0.4, 0.5) is 0 Å². The number of thiazole rings is 1. The van der Waals surface area contributed by atoms with Gasteiger partial charge in [0, 0.05) is 29.6 Å². The Labute approximate surface area is 178 Å². The fourth-order valence-corrected chi connectivity index (χ4v) is 4.36. The second-order valence-electron chi connectivity index (χ2n) is 7.69. The van der Waals surface area contributed by atoms with Crippen LogP contribution in [-0.2, 0) is 13.0 Å². The SMILES string of the molecule is CCc1nc(CN(C)C(=O)c2cc(C3CC3)nc3onc(-c4ccccc4)c23)cs1. The molecule has 4 aromatic rings. The highest BCUT2D eigenvalue weighted by Crippen LogP contribution is 2.41. The molecule has 152 valence electrons. The van der Waals surface area contributed by atoms with Crippen LogP contribution in [0.5, 0.6) is 0 Å². The van der Waals surface area contributed by atoms with Crippen molar-refractivity contribution in [3.8, 4) is 11.3 Å². The number of nitrogens with zero attached hydrogens (tertiary/aromatic N) is 4. The zero-order valence-corrected chi connectivity index (χ0v) is 17.8. The second-order valence-corrected chi connectivity index (χ2v) is 8.64. The molecule has 1 saturated carbocycles. The van der Waals surface area contributed by atoms with Gasteiger partial charge >= 0.3 is 0 Å². The van der Waals surface area contributed by atoms with Gasteiger partial charge in [-0.15, -0.1) is 11.3 Å². The van der Waals surface area contributed by atoms with Crippen molar-refractivity contribution >= 4 is 28.3 Å². The number of benzene rings is 1. The summed E-state index contributed by atoms with van der Waals surface area (Å²) >= 11 is 1.63. The van der Waals surface area contributed by atoms with Crippen LogP contribution in [0.3, 0.4) is 0 Å². The van der Waals surface area contributed by atoms with E-state index >= 15 is 0 Å². The predicted molar refractivity (Wildman–Crippen MR) is 117 cm³/mol. The average molecular weight is 419 g/mol. The number of carbonyl (C=O) groups excluding carboxylic acids is 1. The number of amides is 1. The predicted octanol–water partition coefficient (Wildman–Crippen LogP) is 5.06. The van der Waals surface area contributed by atoms with Gasteiger partial charge < -0.3 is 9.42 Å². The van der Waals surface area contributed by atoms with Crippen LogP contribution in [-0.4, -0.2) is 33.0 Å². The molecule has 0 N–H and O–H groups in total. The van der Waals surface area contributed by atoms with Gasteiger partial charge in [-0.2, -0.15) is 0 Å². The first-order valence-electron chi connectivity index (χ1n) is 10.2. The summed E-state index contributed by atoms with van der Waals surface area (Å²) in [6.45, 7) is 2.55. The van der Waals surface area contributed by atoms with Gasteiger partial charge in [0.25, 0.3) is 11.6 Å². The summed E-state index contributed by atoms with van der Waals surface area (Å²) in [5.74, 6) is 0.331. The molecule has 0 atom stereocenters. The number of aromatic nitrogens is 3. The number of pyridine rings is 1. The standard InChI is InChI=1S/C23H22N4O2S/c1-3-19-24-16(13-30-19)12-27(2)23(28)17-11-18(14-9-10-14)25-22-20(17)21(26-29-22)15-7-5-4-6-8-15/h4-8,11,13-14H,3,9-10,12H2,1-2H3. The molecule has 1 amide bonds. The van der Waals surface area contributed by atoms with E-state index in [2.05, 4.69) is 22.0 Å². The first-order valence-corrected chi connectivity index (χ1v) is 11.1. The molecule has 7 heteroatoms. The summed E-state index contributed by atoms with van der Waals surface area (Å²) in [5, 5.41) is 8.05. The van der Waals surface area contributed by atoms with Gasteiger partial charge in [-0.3, -0.25) is 4.79 Å². The Kier molecular flexibility index (Phi) is 4.83. The Morgan fingerprint density at radius 1 is 1.23 bits per heavy atom. The minimum Gasteiger partial charge on any atom is -0.336 e. The molecule has 0 bridgehead atoms. The van der Waals surface area contributed by atoms with Gasteiger partial charge in [0.15, 0.2) is 0 Å². The van der Waals surface area contributed by atoms with Crippen molar-refractivity contribution in [2.45, 2.75) is 38.6 Å². The molecule has 3 aromatic heterocycles. The second kappa shape index (κ2) is 7.65. The third kappa shape index (κ3) is 3.50. The van der Waals surface area contributed by atoms with Crippen LogP contribution >= 0.6 is 11.3 Å². The fraction of sp³-hybridized carbons (Fsp3) is 0.304. The highest BCUT2D eigenvalue weighted by Gasteiger charge is 2.30. The number of hydrogen-bond donors (Lipinski definition) is 0. The van der Waals surface area contributed by atoms with E-state index in [4.69, 9.17) is 4.52 Å². The summed E-state index contributed by atoms with van der Waals surface area (Å²) in [6.07, 6.45) is 3.10. The van der Waals surface area contributed by atoms with Crippen LogP contribution in [0.25, 0.3) is 22.4 Å². The molecule has 0 saturated heterocycles. The Bertz CT molecular complexity index is 1210. The van der Waals surface area contributed by atoms with Gasteiger partial charge in [0.2, 0.25) is 0 Å². The number of hydrogen-bond acceptors (Lipinski definition) is 6. The lowest BCUT2D eigenvalue weighted by Crippen LogP contribution is -2.27. The number of aryl methyl sites for hydroxylation is 1. The van der Waals surface area contributed by atoms with Crippen LogP contribution in [0.2, 0.25) is 0 Å². The zero-order chi connectivity index (χ0) is 20.7. The summed E-state index contributed by atoms with van der Waals surface area (Å²) in [4.78, 5) is 24.5. The maximum absolute atomic E-state index is 13.5. The maximum Gasteiger partial charge on any atom is 0.259 e. The lowest BCUT2D eigenvalue weighted by atomic mass is 10.0. The van der Waals surface area contributed by atoms with E-state index in [0.29, 0.717) is 34.8 Å². The normalized spacial score (nSPS) is 13.7. The van der Waals surface area contributed by atoms with Crippen LogP contribution in [0.1, 0.15) is 52.4 Å². The van der Waals surface area contributed by atoms with Gasteiger partial charge in [0.1, 0.15) is 5.69 Å². The lowest BCUT2D eigenvalue weighted by molar-refractivity contribution is 0.0785. The van der Waals surface area contributed by atoms with Crippen molar-refractivity contribution in [2.24, 2.45) is 0 Å². The van der Waals surface area contributed by atoms with Gasteiger partial charge in [-0.25, -0.2) is 9.97 Å². The smallest absolute Gasteiger partial charge is 0.259 e. The van der Waals surface area contributed by atoms with Gasteiger partial charge in [-0.1, -0.05) is 42.4 Å². The lowest BCUT2D eigenvalue weighted by Gasteiger charge is -2.17. The number of rotatable bonds is 6. The molecular formula is C23H22N4O2S. The Morgan fingerprint density at radius 3 is 2.73 bits per heavy atom. The molecular weight excluding hydrogens is 396 g/mol. The maximum atomic E-state index is 13.5. The topological polar surface area (TPSA) is 72.1 Å². The van der Waals surface area contributed by atoms with Gasteiger partial charge in [-0.05, 0) is 25.3 Å². The summed E-state index contributed by atoms with van der Waals surface area (Å²) < 4.78 is 5.59. The molecule has 3 heterocycles. The summed E-state index contributed by atoms with van der Waals surface area (Å²) in [5.41, 5.74) is 4.40. The highest BCUT2D eigenvalue weighted by atomic mass is 32.1. The molecule has 1 aromatic carbocycles. The highest BCUT2D eigenvalue weighted by molar-refractivity contribution is 7.09. The monoisotopic (exact) mass is 418 g/mol. The fourth-order valence-electron chi connectivity index (χ4n) is 3.62. The van der Waals surface area contributed by atoms with E-state index in [1.54, 1.807) is 16.2 Å². The van der Waals surface area contributed by atoms with Crippen molar-refractivity contribution < 1.29 is 9.32 Å². The van der Waals surface area contributed by atoms with E-state index in [-0.39, 0.29) is 5.91 Å². The minimum absolute atomic E-state index is 0.0734. The molecule has 0 unspecified atom stereocenters. The Morgan fingerprint density at radius 2 is 2.03 bits per heavy atom. The number of carbonyl (C=O) groups is 1. The molecule has 30 heavy (non-hydrogen) atoms. The van der Waals surface area contributed by atoms with E-state index in [0.717, 1.165) is 41.2 Å². The van der Waals surface area contributed by atoms with E-state index in [1.807, 2.05) is 48.8 Å². The van der Waals surface area contributed by atoms with E-state index < -0.39 is 0 Å². The summed E-state index contributed by atoms with van der Waals surface area (Å²) in [7, 11) is 1.81. The molecule has 0 aliphatic heterocycles. The first kappa shape index (κ1) is 18.9. The van der Waals surface area contributed by atoms with Crippen molar-refractivity contribution in [1.82, 2.24) is 20.0 Å². The Hall–Kier alpha value is -3.06. The Balaban J connectivity index is 1.57. The van der Waals surface area contributed by atoms with Crippen LogP contribution < -0.4 is 0 Å². The molecule has 1 aliphatic rings. The quantitative estimate of drug-likeness (QED) is 0.438. The summed E-state index contributed by atoms with van der Waals surface area (Å²) in [6, 6.07) is 11.7. The van der Waals surface area contributed by atoms with Crippen molar-refractivity contribution in [3.05, 3.63) is 63.7 Å². The molecule has 5 rings (SSSR count). The van der Waals surface area contributed by atoms with Crippen LogP contribution in [0, 0.1) is 0 Å². The molecule has 1 fully saturated rings. The largest absolute Gasteiger partial charge is 0.336 e. The molecule has 1 aliphatic carbocycles. The van der Waals surface area contributed by atoms with E-state index in [9.17, 15) is 4.79 Å². The molecule has 0 spiro atoms. The van der Waals surface area contributed by atoms with E-state index in [1.165, 1.54) is 0 Å². The number of fused-ring (bicyclic) bond motifs is 1. The van der Waals surface area contributed by atoms with Crippen molar-refractivity contribution in [3.63, 3.8) is 0 Å². The van der Waals surface area contributed by atoms with Crippen LogP contribution in [0.15, 0.2) is 46.3 Å². The van der Waals surface area contributed by atoms with Gasteiger partial charge in [0.05, 0.1) is 28.2 Å². The van der Waals surface area contributed by atoms with Crippen molar-refractivity contribution in [2.75, 3.05) is 7.05 Å². The third-order valence-electron chi connectivity index (χ3n) is 5.39.